The van der Waals surface area contributed by atoms with E-state index in [0.29, 0.717) is 6.42 Å². The minimum absolute atomic E-state index is 0.182. The Morgan fingerprint density at radius 1 is 1.12 bits per heavy atom. The molecule has 3 nitrogen and oxygen atoms in total. The van der Waals surface area contributed by atoms with Gasteiger partial charge in [-0.25, -0.2) is 0 Å². The SMILES string of the molecule is COC(=O)[C@H]1CCCCC2(CCCCC2)C1=O. The van der Waals surface area contributed by atoms with E-state index in [9.17, 15) is 9.59 Å². The molecule has 2 rings (SSSR count). The Kier molecular flexibility index (Phi) is 3.85. The van der Waals surface area contributed by atoms with Crippen molar-refractivity contribution >= 4 is 11.8 Å². The first-order valence-electron chi connectivity index (χ1n) is 6.82. The van der Waals surface area contributed by atoms with Crippen LogP contribution in [0, 0.1) is 11.3 Å². The second-order valence-corrected chi connectivity index (χ2v) is 5.53. The molecule has 0 heterocycles. The molecule has 96 valence electrons. The van der Waals surface area contributed by atoms with Crippen LogP contribution in [-0.2, 0) is 14.3 Å². The number of hydrogen-bond acceptors (Lipinski definition) is 3. The molecule has 0 radical (unpaired) electrons. The normalized spacial score (nSPS) is 28.8. The van der Waals surface area contributed by atoms with Crippen molar-refractivity contribution in [3.63, 3.8) is 0 Å². The van der Waals surface area contributed by atoms with Crippen molar-refractivity contribution in [1.29, 1.82) is 0 Å². The summed E-state index contributed by atoms with van der Waals surface area (Å²) in [5.74, 6) is -0.621. The number of ether oxygens (including phenoxy) is 1. The van der Waals surface area contributed by atoms with Crippen LogP contribution in [0.2, 0.25) is 0 Å². The highest BCUT2D eigenvalue weighted by Crippen LogP contribution is 2.45. The summed E-state index contributed by atoms with van der Waals surface area (Å²) >= 11 is 0. The van der Waals surface area contributed by atoms with Crippen molar-refractivity contribution in [2.75, 3.05) is 7.11 Å². The van der Waals surface area contributed by atoms with Gasteiger partial charge in [0.2, 0.25) is 0 Å². The molecule has 3 heteroatoms. The molecule has 2 saturated carbocycles. The number of Topliss-reactive ketones (excluding diaryl/α,β-unsaturated/α-hetero) is 1. The Morgan fingerprint density at radius 3 is 2.29 bits per heavy atom. The third-order valence-electron chi connectivity index (χ3n) is 4.53. The lowest BCUT2D eigenvalue weighted by Crippen LogP contribution is -2.39. The maximum atomic E-state index is 12.6. The van der Waals surface area contributed by atoms with Gasteiger partial charge in [-0.1, -0.05) is 32.1 Å². The van der Waals surface area contributed by atoms with Crippen LogP contribution in [0.1, 0.15) is 57.8 Å². The molecular formula is C14H22O3. The van der Waals surface area contributed by atoms with E-state index in [4.69, 9.17) is 4.74 Å². The van der Waals surface area contributed by atoms with E-state index in [-0.39, 0.29) is 17.2 Å². The fourth-order valence-corrected chi connectivity index (χ4v) is 3.53. The first-order chi connectivity index (χ1) is 8.19. The number of esters is 1. The van der Waals surface area contributed by atoms with E-state index in [1.807, 2.05) is 0 Å². The van der Waals surface area contributed by atoms with Gasteiger partial charge in [-0.3, -0.25) is 9.59 Å². The number of methoxy groups -OCH3 is 1. The Morgan fingerprint density at radius 2 is 1.71 bits per heavy atom. The van der Waals surface area contributed by atoms with Gasteiger partial charge in [0.05, 0.1) is 7.11 Å². The molecule has 2 aliphatic carbocycles. The van der Waals surface area contributed by atoms with Crippen molar-refractivity contribution in [3.8, 4) is 0 Å². The average molecular weight is 238 g/mol. The lowest BCUT2D eigenvalue weighted by Gasteiger charge is -2.36. The summed E-state index contributed by atoms with van der Waals surface area (Å²) in [6.45, 7) is 0. The molecule has 2 fully saturated rings. The third-order valence-corrected chi connectivity index (χ3v) is 4.53. The Labute approximate surface area is 103 Å². The summed E-state index contributed by atoms with van der Waals surface area (Å²) in [6, 6.07) is 0. The highest BCUT2D eigenvalue weighted by Gasteiger charge is 2.46. The Bertz CT molecular complexity index is 303. The maximum Gasteiger partial charge on any atom is 0.316 e. The van der Waals surface area contributed by atoms with Crippen molar-refractivity contribution in [2.24, 2.45) is 11.3 Å². The second-order valence-electron chi connectivity index (χ2n) is 5.53. The summed E-state index contributed by atoms with van der Waals surface area (Å²) in [5, 5.41) is 0. The van der Waals surface area contributed by atoms with Crippen LogP contribution >= 0.6 is 0 Å². The highest BCUT2D eigenvalue weighted by molar-refractivity contribution is 6.02. The van der Waals surface area contributed by atoms with Crippen LogP contribution in [0.3, 0.4) is 0 Å². The fourth-order valence-electron chi connectivity index (χ4n) is 3.53. The minimum Gasteiger partial charge on any atom is -0.468 e. The molecule has 1 atom stereocenters. The topological polar surface area (TPSA) is 43.4 Å². The van der Waals surface area contributed by atoms with E-state index >= 15 is 0 Å². The van der Waals surface area contributed by atoms with Gasteiger partial charge in [0.25, 0.3) is 0 Å². The molecule has 0 aromatic heterocycles. The van der Waals surface area contributed by atoms with Gasteiger partial charge >= 0.3 is 5.97 Å². The first kappa shape index (κ1) is 12.6. The molecule has 0 bridgehead atoms. The van der Waals surface area contributed by atoms with E-state index in [2.05, 4.69) is 0 Å². The zero-order chi connectivity index (χ0) is 12.3. The van der Waals surface area contributed by atoms with Crippen LogP contribution in [-0.4, -0.2) is 18.9 Å². The van der Waals surface area contributed by atoms with Gasteiger partial charge in [0.15, 0.2) is 5.78 Å². The highest BCUT2D eigenvalue weighted by atomic mass is 16.5. The molecule has 1 spiro atoms. The lowest BCUT2D eigenvalue weighted by molar-refractivity contribution is -0.153. The summed E-state index contributed by atoms with van der Waals surface area (Å²) in [7, 11) is 1.38. The molecule has 2 aliphatic rings. The largest absolute Gasteiger partial charge is 0.468 e. The first-order valence-corrected chi connectivity index (χ1v) is 6.82. The zero-order valence-electron chi connectivity index (χ0n) is 10.7. The molecule has 0 aromatic carbocycles. The number of carbonyl (C=O) groups is 2. The monoisotopic (exact) mass is 238 g/mol. The van der Waals surface area contributed by atoms with E-state index in [1.165, 1.54) is 13.5 Å². The van der Waals surface area contributed by atoms with Crippen molar-refractivity contribution in [1.82, 2.24) is 0 Å². The van der Waals surface area contributed by atoms with Crippen LogP contribution in [0.5, 0.6) is 0 Å². The van der Waals surface area contributed by atoms with Crippen LogP contribution in [0.25, 0.3) is 0 Å². The summed E-state index contributed by atoms with van der Waals surface area (Å²) in [5.41, 5.74) is -0.187. The summed E-state index contributed by atoms with van der Waals surface area (Å²) < 4.78 is 4.79. The number of hydrogen-bond donors (Lipinski definition) is 0. The Balaban J connectivity index is 2.20. The lowest BCUT2D eigenvalue weighted by atomic mass is 9.67. The van der Waals surface area contributed by atoms with E-state index < -0.39 is 5.92 Å². The molecular weight excluding hydrogens is 216 g/mol. The number of carbonyl (C=O) groups excluding carboxylic acids is 2. The summed E-state index contributed by atoms with van der Waals surface area (Å²) in [6.07, 6.45) is 9.22. The van der Waals surface area contributed by atoms with Gasteiger partial charge in [-0.15, -0.1) is 0 Å². The molecule has 0 saturated heterocycles. The molecule has 0 aliphatic heterocycles. The van der Waals surface area contributed by atoms with Gasteiger partial charge in [-0.05, 0) is 25.7 Å². The minimum atomic E-state index is -0.486. The van der Waals surface area contributed by atoms with Crippen molar-refractivity contribution < 1.29 is 14.3 Å². The van der Waals surface area contributed by atoms with Crippen LogP contribution in [0.15, 0.2) is 0 Å². The third kappa shape index (κ3) is 2.38. The zero-order valence-corrected chi connectivity index (χ0v) is 10.7. The summed E-state index contributed by atoms with van der Waals surface area (Å²) in [4.78, 5) is 24.3. The molecule has 0 amide bonds. The van der Waals surface area contributed by atoms with Crippen LogP contribution in [0.4, 0.5) is 0 Å². The standard InChI is InChI=1S/C14H22O3/c1-17-13(16)11-7-3-6-10-14(12(11)15)8-4-2-5-9-14/h11H,2-10H2,1H3/t11-/m0/s1. The quantitative estimate of drug-likeness (QED) is 0.521. The second kappa shape index (κ2) is 5.19. The van der Waals surface area contributed by atoms with Gasteiger partial charge in [0, 0.05) is 5.41 Å². The predicted octanol–water partition coefficient (Wildman–Crippen LogP) is 2.87. The molecule has 0 aromatic rings. The number of rotatable bonds is 1. The van der Waals surface area contributed by atoms with Gasteiger partial charge < -0.3 is 4.74 Å². The smallest absolute Gasteiger partial charge is 0.316 e. The van der Waals surface area contributed by atoms with Gasteiger partial charge in [-0.2, -0.15) is 0 Å². The predicted molar refractivity (Wildman–Crippen MR) is 64.5 cm³/mol. The maximum absolute atomic E-state index is 12.6. The van der Waals surface area contributed by atoms with Crippen molar-refractivity contribution in [2.45, 2.75) is 57.8 Å². The van der Waals surface area contributed by atoms with Gasteiger partial charge in [0.1, 0.15) is 5.92 Å². The van der Waals surface area contributed by atoms with Crippen LogP contribution < -0.4 is 0 Å². The van der Waals surface area contributed by atoms with Crippen molar-refractivity contribution in [3.05, 3.63) is 0 Å². The number of ketones is 1. The molecule has 17 heavy (non-hydrogen) atoms. The Hall–Kier alpha value is -0.860. The molecule has 0 N–H and O–H groups in total. The average Bonchev–Trinajstić information content (AvgIpc) is 2.52. The molecule has 0 unspecified atom stereocenters. The van der Waals surface area contributed by atoms with E-state index in [1.54, 1.807) is 0 Å². The van der Waals surface area contributed by atoms with E-state index in [0.717, 1.165) is 44.9 Å². The fraction of sp³-hybridized carbons (Fsp3) is 0.857.